The quantitative estimate of drug-likeness (QED) is 0.526. The monoisotopic (exact) mass is 213 g/mol. The lowest BCUT2D eigenvalue weighted by Gasteiger charge is -2.27. The van der Waals surface area contributed by atoms with Crippen LogP contribution in [-0.4, -0.2) is 12.6 Å². The van der Waals surface area contributed by atoms with E-state index in [1.165, 1.54) is 57.8 Å². The van der Waals surface area contributed by atoms with E-state index in [9.17, 15) is 0 Å². The fraction of sp³-hybridized carbons (Fsp3) is 1.00. The van der Waals surface area contributed by atoms with Gasteiger partial charge in [-0.1, -0.05) is 58.8 Å². The summed E-state index contributed by atoms with van der Waals surface area (Å²) in [7, 11) is 2.09. The molecule has 1 heteroatoms. The van der Waals surface area contributed by atoms with Crippen LogP contribution >= 0.6 is 0 Å². The fourth-order valence-electron chi connectivity index (χ4n) is 1.95. The predicted octanol–water partition coefficient (Wildman–Crippen LogP) is 4.52. The SMILES string of the molecule is CCCCCCCCCC(C)(CC)NC. The lowest BCUT2D eigenvalue weighted by molar-refractivity contribution is 0.330. The summed E-state index contributed by atoms with van der Waals surface area (Å²) in [5, 5.41) is 3.44. The van der Waals surface area contributed by atoms with Gasteiger partial charge < -0.3 is 5.32 Å². The third-order valence-corrected chi connectivity index (χ3v) is 3.72. The van der Waals surface area contributed by atoms with Crippen LogP contribution in [-0.2, 0) is 0 Å². The summed E-state index contributed by atoms with van der Waals surface area (Å²) >= 11 is 0. The van der Waals surface area contributed by atoms with Crippen LogP contribution in [0.4, 0.5) is 0 Å². The van der Waals surface area contributed by atoms with Crippen LogP contribution in [0.3, 0.4) is 0 Å². The Hall–Kier alpha value is -0.0400. The molecule has 0 aliphatic rings. The standard InChI is InChI=1S/C14H31N/c1-5-7-8-9-10-11-12-13-14(3,6-2)15-4/h15H,5-13H2,1-4H3. The number of hydrogen-bond acceptors (Lipinski definition) is 1. The Morgan fingerprint density at radius 2 is 1.40 bits per heavy atom. The summed E-state index contributed by atoms with van der Waals surface area (Å²) < 4.78 is 0. The first kappa shape index (κ1) is 15.0. The molecule has 0 rings (SSSR count). The van der Waals surface area contributed by atoms with Crippen LogP contribution in [0.15, 0.2) is 0 Å². The van der Waals surface area contributed by atoms with Crippen molar-refractivity contribution in [3.05, 3.63) is 0 Å². The second kappa shape index (κ2) is 9.21. The smallest absolute Gasteiger partial charge is 0.0147 e. The molecule has 1 nitrogen and oxygen atoms in total. The average molecular weight is 213 g/mol. The van der Waals surface area contributed by atoms with Gasteiger partial charge in [0.25, 0.3) is 0 Å². The molecular formula is C14H31N. The molecule has 0 fully saturated rings. The minimum Gasteiger partial charge on any atom is -0.315 e. The summed E-state index contributed by atoms with van der Waals surface area (Å²) in [4.78, 5) is 0. The van der Waals surface area contributed by atoms with Crippen LogP contribution in [0, 0.1) is 0 Å². The molecule has 15 heavy (non-hydrogen) atoms. The lowest BCUT2D eigenvalue weighted by Crippen LogP contribution is -2.38. The summed E-state index contributed by atoms with van der Waals surface area (Å²) in [6.07, 6.45) is 12.5. The van der Waals surface area contributed by atoms with Gasteiger partial charge in [0.15, 0.2) is 0 Å². The first-order chi connectivity index (χ1) is 7.18. The maximum absolute atomic E-state index is 3.44. The zero-order valence-electron chi connectivity index (χ0n) is 11.4. The Kier molecular flexibility index (Phi) is 9.18. The van der Waals surface area contributed by atoms with Crippen LogP contribution in [0.5, 0.6) is 0 Å². The summed E-state index contributed by atoms with van der Waals surface area (Å²) in [5.74, 6) is 0. The van der Waals surface area contributed by atoms with Gasteiger partial charge >= 0.3 is 0 Å². The topological polar surface area (TPSA) is 12.0 Å². The van der Waals surface area contributed by atoms with Gasteiger partial charge in [-0.2, -0.15) is 0 Å². The number of unbranched alkanes of at least 4 members (excludes halogenated alkanes) is 6. The van der Waals surface area contributed by atoms with Crippen molar-refractivity contribution in [3.63, 3.8) is 0 Å². The molecule has 0 spiro atoms. The maximum atomic E-state index is 3.44. The second-order valence-electron chi connectivity index (χ2n) is 5.04. The van der Waals surface area contributed by atoms with E-state index in [0.717, 1.165) is 0 Å². The molecule has 0 aromatic rings. The largest absolute Gasteiger partial charge is 0.315 e. The van der Waals surface area contributed by atoms with Crippen molar-refractivity contribution in [1.29, 1.82) is 0 Å². The molecule has 0 heterocycles. The van der Waals surface area contributed by atoms with Gasteiger partial charge in [-0.05, 0) is 26.8 Å². The average Bonchev–Trinajstić information content (AvgIpc) is 2.27. The van der Waals surface area contributed by atoms with Crippen LogP contribution in [0.2, 0.25) is 0 Å². The summed E-state index contributed by atoms with van der Waals surface area (Å²) in [5.41, 5.74) is 0.378. The Labute approximate surface area is 97.0 Å². The van der Waals surface area contributed by atoms with E-state index in [1.54, 1.807) is 0 Å². The molecule has 1 atom stereocenters. The molecule has 0 radical (unpaired) electrons. The number of nitrogens with one attached hydrogen (secondary N) is 1. The molecule has 0 saturated carbocycles. The third-order valence-electron chi connectivity index (χ3n) is 3.72. The molecule has 1 N–H and O–H groups in total. The highest BCUT2D eigenvalue weighted by Crippen LogP contribution is 2.18. The van der Waals surface area contributed by atoms with Gasteiger partial charge in [0.1, 0.15) is 0 Å². The zero-order valence-corrected chi connectivity index (χ0v) is 11.4. The van der Waals surface area contributed by atoms with Crippen LogP contribution in [0.1, 0.15) is 78.6 Å². The van der Waals surface area contributed by atoms with Crippen molar-refractivity contribution in [3.8, 4) is 0 Å². The van der Waals surface area contributed by atoms with Gasteiger partial charge in [0.05, 0.1) is 0 Å². The Balaban J connectivity index is 3.29. The van der Waals surface area contributed by atoms with E-state index >= 15 is 0 Å². The number of hydrogen-bond donors (Lipinski definition) is 1. The Morgan fingerprint density at radius 3 is 1.87 bits per heavy atom. The minimum absolute atomic E-state index is 0.378. The molecule has 0 amide bonds. The molecule has 0 aliphatic heterocycles. The molecule has 92 valence electrons. The highest BCUT2D eigenvalue weighted by atomic mass is 14.9. The summed E-state index contributed by atoms with van der Waals surface area (Å²) in [6.45, 7) is 6.89. The van der Waals surface area contributed by atoms with E-state index in [4.69, 9.17) is 0 Å². The van der Waals surface area contributed by atoms with Crippen LogP contribution in [0.25, 0.3) is 0 Å². The molecular weight excluding hydrogens is 182 g/mol. The van der Waals surface area contributed by atoms with Gasteiger partial charge in [0.2, 0.25) is 0 Å². The van der Waals surface area contributed by atoms with Crippen molar-refractivity contribution >= 4 is 0 Å². The molecule has 0 saturated heterocycles. The van der Waals surface area contributed by atoms with Crippen molar-refractivity contribution in [2.75, 3.05) is 7.05 Å². The van der Waals surface area contributed by atoms with Crippen molar-refractivity contribution in [2.45, 2.75) is 84.1 Å². The fourth-order valence-corrected chi connectivity index (χ4v) is 1.95. The number of rotatable bonds is 10. The van der Waals surface area contributed by atoms with Gasteiger partial charge in [0, 0.05) is 5.54 Å². The van der Waals surface area contributed by atoms with Crippen molar-refractivity contribution in [2.24, 2.45) is 0 Å². The molecule has 0 aromatic carbocycles. The van der Waals surface area contributed by atoms with E-state index < -0.39 is 0 Å². The molecule has 0 aliphatic carbocycles. The van der Waals surface area contributed by atoms with E-state index in [2.05, 4.69) is 33.1 Å². The highest BCUT2D eigenvalue weighted by molar-refractivity contribution is 4.79. The Bertz CT molecular complexity index is 127. The van der Waals surface area contributed by atoms with Crippen molar-refractivity contribution in [1.82, 2.24) is 5.32 Å². The molecule has 1 unspecified atom stereocenters. The van der Waals surface area contributed by atoms with Gasteiger partial charge in [-0.3, -0.25) is 0 Å². The van der Waals surface area contributed by atoms with Gasteiger partial charge in [-0.25, -0.2) is 0 Å². The Morgan fingerprint density at radius 1 is 0.867 bits per heavy atom. The minimum atomic E-state index is 0.378. The van der Waals surface area contributed by atoms with Crippen LogP contribution < -0.4 is 5.32 Å². The van der Waals surface area contributed by atoms with Gasteiger partial charge in [-0.15, -0.1) is 0 Å². The lowest BCUT2D eigenvalue weighted by atomic mass is 9.91. The predicted molar refractivity (Wildman–Crippen MR) is 70.4 cm³/mol. The van der Waals surface area contributed by atoms with Crippen molar-refractivity contribution < 1.29 is 0 Å². The third kappa shape index (κ3) is 7.84. The maximum Gasteiger partial charge on any atom is 0.0147 e. The molecule has 0 bridgehead atoms. The zero-order chi connectivity index (χ0) is 11.6. The van der Waals surface area contributed by atoms with E-state index in [-0.39, 0.29) is 0 Å². The highest BCUT2D eigenvalue weighted by Gasteiger charge is 2.17. The normalized spacial score (nSPS) is 15.2. The first-order valence-corrected chi connectivity index (χ1v) is 6.87. The second-order valence-corrected chi connectivity index (χ2v) is 5.04. The van der Waals surface area contributed by atoms with E-state index in [1.807, 2.05) is 0 Å². The molecule has 0 aromatic heterocycles. The summed E-state index contributed by atoms with van der Waals surface area (Å²) in [6, 6.07) is 0. The first-order valence-electron chi connectivity index (χ1n) is 6.87. The van der Waals surface area contributed by atoms with E-state index in [0.29, 0.717) is 5.54 Å².